The fraction of sp³-hybridized carbons (Fsp3) is 0.333. The summed E-state index contributed by atoms with van der Waals surface area (Å²) in [6, 6.07) is 0. The highest BCUT2D eigenvalue weighted by molar-refractivity contribution is 7.07. The fourth-order valence-corrected chi connectivity index (χ4v) is 2.11. The average molecular weight is 293 g/mol. The van der Waals surface area contributed by atoms with Crippen LogP contribution in [0.4, 0.5) is 5.69 Å². The van der Waals surface area contributed by atoms with Crippen LogP contribution >= 0.6 is 11.3 Å². The van der Waals surface area contributed by atoms with E-state index in [0.717, 1.165) is 11.3 Å². The zero-order valence-electron chi connectivity index (χ0n) is 11.1. The van der Waals surface area contributed by atoms with E-state index in [1.807, 2.05) is 13.8 Å². The minimum atomic E-state index is -0.390. The molecule has 0 aliphatic heterocycles. The zero-order valence-corrected chi connectivity index (χ0v) is 12.0. The second-order valence-corrected chi connectivity index (χ2v) is 5.39. The van der Waals surface area contributed by atoms with Crippen LogP contribution in [0.5, 0.6) is 0 Å². The number of carbonyl (C=O) groups is 1. The molecular formula is C12H15N5O2S. The summed E-state index contributed by atoms with van der Waals surface area (Å²) in [6.45, 7) is 4.09. The van der Waals surface area contributed by atoms with E-state index in [1.54, 1.807) is 5.38 Å². The molecule has 0 bridgehead atoms. The summed E-state index contributed by atoms with van der Waals surface area (Å²) in [6.07, 6.45) is 1.43. The third kappa shape index (κ3) is 3.21. The summed E-state index contributed by atoms with van der Waals surface area (Å²) < 4.78 is 0. The van der Waals surface area contributed by atoms with Gasteiger partial charge in [-0.3, -0.25) is 9.59 Å². The van der Waals surface area contributed by atoms with Crippen LogP contribution in [-0.2, 0) is 6.54 Å². The molecule has 0 spiro atoms. The van der Waals surface area contributed by atoms with Crippen molar-refractivity contribution in [2.75, 3.05) is 5.73 Å². The number of hydrogen-bond donors (Lipinski definition) is 3. The van der Waals surface area contributed by atoms with Gasteiger partial charge in [0.05, 0.1) is 18.4 Å². The molecule has 2 rings (SSSR count). The largest absolute Gasteiger partial charge is 0.396 e. The van der Waals surface area contributed by atoms with Crippen molar-refractivity contribution in [2.45, 2.75) is 26.3 Å². The first-order chi connectivity index (χ1) is 9.47. The number of thiazole rings is 1. The topological polar surface area (TPSA) is 114 Å². The van der Waals surface area contributed by atoms with Gasteiger partial charge < -0.3 is 16.0 Å². The Bertz CT molecular complexity index is 676. The van der Waals surface area contributed by atoms with Gasteiger partial charge in [-0.25, -0.2) is 9.97 Å². The molecule has 2 heterocycles. The van der Waals surface area contributed by atoms with Crippen molar-refractivity contribution in [3.8, 4) is 0 Å². The molecule has 0 aliphatic rings. The van der Waals surface area contributed by atoms with Crippen LogP contribution in [0.2, 0.25) is 0 Å². The van der Waals surface area contributed by atoms with Crippen LogP contribution in [0.25, 0.3) is 0 Å². The smallest absolute Gasteiger partial charge is 0.304 e. The van der Waals surface area contributed by atoms with Crippen LogP contribution in [-0.4, -0.2) is 20.9 Å². The fourth-order valence-electron chi connectivity index (χ4n) is 1.52. The number of hydrogen-bond acceptors (Lipinski definition) is 6. The zero-order chi connectivity index (χ0) is 14.7. The van der Waals surface area contributed by atoms with E-state index in [2.05, 4.69) is 20.3 Å². The number of amides is 1. The van der Waals surface area contributed by atoms with Gasteiger partial charge in [0.1, 0.15) is 5.82 Å². The molecule has 1 amide bonds. The van der Waals surface area contributed by atoms with E-state index in [1.165, 1.54) is 6.20 Å². The number of H-pyrrole nitrogens is 1. The maximum Gasteiger partial charge on any atom is 0.304 e. The lowest BCUT2D eigenvalue weighted by Crippen LogP contribution is -2.26. The standard InChI is InChI=1S/C12H15N5O2S/c1-6(2)10-14-4-8(13)9(17-10)11(18)15-3-7-5-20-12(19)16-7/h4-6H,3,13H2,1-2H3,(H,15,18)(H,16,19). The average Bonchev–Trinajstić information content (AvgIpc) is 2.82. The van der Waals surface area contributed by atoms with Gasteiger partial charge in [-0.15, -0.1) is 0 Å². The van der Waals surface area contributed by atoms with E-state index in [4.69, 9.17) is 5.73 Å². The quantitative estimate of drug-likeness (QED) is 0.773. The number of anilines is 1. The second kappa shape index (κ2) is 5.83. The maximum absolute atomic E-state index is 12.1. The van der Waals surface area contributed by atoms with Crippen LogP contribution < -0.4 is 15.9 Å². The highest BCUT2D eigenvalue weighted by Crippen LogP contribution is 2.13. The molecular weight excluding hydrogens is 278 g/mol. The number of carbonyl (C=O) groups excluding carboxylic acids is 1. The molecule has 0 aromatic carbocycles. The third-order valence-electron chi connectivity index (χ3n) is 2.58. The first kappa shape index (κ1) is 14.2. The highest BCUT2D eigenvalue weighted by Gasteiger charge is 2.14. The predicted octanol–water partition coefficient (Wildman–Crippen LogP) is 0.862. The van der Waals surface area contributed by atoms with E-state index >= 15 is 0 Å². The summed E-state index contributed by atoms with van der Waals surface area (Å²) in [4.78, 5) is 33.7. The molecule has 0 atom stereocenters. The molecule has 2 aromatic rings. The molecule has 0 saturated carbocycles. The summed E-state index contributed by atoms with van der Waals surface area (Å²) in [5.74, 6) is 0.280. The van der Waals surface area contributed by atoms with Gasteiger partial charge >= 0.3 is 4.87 Å². The summed E-state index contributed by atoms with van der Waals surface area (Å²) >= 11 is 1.05. The Morgan fingerprint density at radius 2 is 2.30 bits per heavy atom. The molecule has 0 fully saturated rings. The molecule has 106 valence electrons. The van der Waals surface area contributed by atoms with Gasteiger partial charge in [0.25, 0.3) is 5.91 Å². The summed E-state index contributed by atoms with van der Waals surface area (Å²) in [5.41, 5.74) is 6.75. The Hall–Kier alpha value is -2.22. The lowest BCUT2D eigenvalue weighted by molar-refractivity contribution is 0.0946. The van der Waals surface area contributed by atoms with Crippen LogP contribution in [0, 0.1) is 0 Å². The number of rotatable bonds is 4. The summed E-state index contributed by atoms with van der Waals surface area (Å²) in [5, 5.41) is 4.32. The minimum absolute atomic E-state index is 0.107. The Kier molecular flexibility index (Phi) is 4.14. The van der Waals surface area contributed by atoms with Crippen molar-refractivity contribution >= 4 is 22.9 Å². The lowest BCUT2D eigenvalue weighted by Gasteiger charge is -2.09. The SMILES string of the molecule is CC(C)c1ncc(N)c(C(=O)NCc2csc(=O)[nH]2)n1. The van der Waals surface area contributed by atoms with Crippen molar-refractivity contribution in [3.05, 3.63) is 38.5 Å². The number of nitrogens with one attached hydrogen (secondary N) is 2. The van der Waals surface area contributed by atoms with E-state index in [-0.39, 0.29) is 34.6 Å². The number of nitrogen functional groups attached to an aromatic ring is 1. The first-order valence-corrected chi connectivity index (χ1v) is 6.92. The third-order valence-corrected chi connectivity index (χ3v) is 3.30. The normalized spacial score (nSPS) is 10.8. The highest BCUT2D eigenvalue weighted by atomic mass is 32.1. The molecule has 2 aromatic heterocycles. The minimum Gasteiger partial charge on any atom is -0.396 e. The molecule has 7 nitrogen and oxygen atoms in total. The van der Waals surface area contributed by atoms with Gasteiger partial charge in [0, 0.05) is 17.0 Å². The predicted molar refractivity (Wildman–Crippen MR) is 76.6 cm³/mol. The van der Waals surface area contributed by atoms with Gasteiger partial charge in [-0.2, -0.15) is 0 Å². The monoisotopic (exact) mass is 293 g/mol. The Balaban J connectivity index is 2.12. The molecule has 4 N–H and O–H groups in total. The first-order valence-electron chi connectivity index (χ1n) is 6.04. The van der Waals surface area contributed by atoms with Crippen LogP contribution in [0.1, 0.15) is 41.8 Å². The Labute approximate surface area is 119 Å². The second-order valence-electron chi connectivity index (χ2n) is 4.54. The van der Waals surface area contributed by atoms with Crippen molar-refractivity contribution in [1.29, 1.82) is 0 Å². The number of nitrogens with two attached hydrogens (primary N) is 1. The number of aromatic amines is 1. The summed E-state index contributed by atoms with van der Waals surface area (Å²) in [7, 11) is 0. The Morgan fingerprint density at radius 1 is 1.55 bits per heavy atom. The molecule has 0 saturated heterocycles. The van der Waals surface area contributed by atoms with Crippen molar-refractivity contribution in [3.63, 3.8) is 0 Å². The number of nitrogens with zero attached hydrogens (tertiary/aromatic N) is 2. The van der Waals surface area contributed by atoms with Crippen LogP contribution in [0.3, 0.4) is 0 Å². The van der Waals surface area contributed by atoms with Gasteiger partial charge in [0.2, 0.25) is 0 Å². The van der Waals surface area contributed by atoms with E-state index in [9.17, 15) is 9.59 Å². The van der Waals surface area contributed by atoms with E-state index in [0.29, 0.717) is 11.5 Å². The number of aromatic nitrogens is 3. The molecule has 0 radical (unpaired) electrons. The molecule has 8 heteroatoms. The van der Waals surface area contributed by atoms with Crippen LogP contribution in [0.15, 0.2) is 16.4 Å². The van der Waals surface area contributed by atoms with Gasteiger partial charge in [-0.1, -0.05) is 25.2 Å². The van der Waals surface area contributed by atoms with E-state index < -0.39 is 0 Å². The van der Waals surface area contributed by atoms with Gasteiger partial charge in [-0.05, 0) is 0 Å². The molecule has 20 heavy (non-hydrogen) atoms. The van der Waals surface area contributed by atoms with Crippen molar-refractivity contribution in [2.24, 2.45) is 0 Å². The molecule has 0 aliphatic carbocycles. The lowest BCUT2D eigenvalue weighted by atomic mass is 10.2. The molecule has 0 unspecified atom stereocenters. The van der Waals surface area contributed by atoms with Crippen molar-refractivity contribution in [1.82, 2.24) is 20.3 Å². The van der Waals surface area contributed by atoms with Gasteiger partial charge in [0.15, 0.2) is 5.69 Å². The Morgan fingerprint density at radius 3 is 2.90 bits per heavy atom. The van der Waals surface area contributed by atoms with Crippen molar-refractivity contribution < 1.29 is 4.79 Å². The maximum atomic E-state index is 12.1.